The Bertz CT molecular complexity index is 2030. The summed E-state index contributed by atoms with van der Waals surface area (Å²) in [6.07, 6.45) is 8.81. The number of halogens is 1. The molecule has 16 heteroatoms. The van der Waals surface area contributed by atoms with Crippen molar-refractivity contribution in [1.82, 2.24) is 19.8 Å². The van der Waals surface area contributed by atoms with Crippen molar-refractivity contribution in [3.63, 3.8) is 0 Å². The van der Waals surface area contributed by atoms with E-state index in [2.05, 4.69) is 32.8 Å². The summed E-state index contributed by atoms with van der Waals surface area (Å²) in [5.41, 5.74) is 5.89. The van der Waals surface area contributed by atoms with E-state index in [4.69, 9.17) is 19.7 Å². The zero-order valence-electron chi connectivity index (χ0n) is 41.5. The molecular formula is C52H75ClKN6O8-. The molecule has 2 saturated heterocycles. The Kier molecular flexibility index (Phi) is 29.5. The zero-order chi connectivity index (χ0) is 48.2. The predicted octanol–water partition coefficient (Wildman–Crippen LogP) is 2.28. The number of hydrogen-bond donors (Lipinski definition) is 2. The Morgan fingerprint density at radius 2 is 0.956 bits per heavy atom. The molecule has 14 nitrogen and oxygen atoms in total. The smallest absolute Gasteiger partial charge is 1.00 e. The van der Waals surface area contributed by atoms with Crippen LogP contribution in [-0.4, -0.2) is 118 Å². The van der Waals surface area contributed by atoms with Gasteiger partial charge in [-0.3, -0.25) is 14.8 Å². The van der Waals surface area contributed by atoms with Gasteiger partial charge in [-0.25, -0.2) is 9.59 Å². The number of amides is 2. The summed E-state index contributed by atoms with van der Waals surface area (Å²) in [4.78, 5) is 51.2. The van der Waals surface area contributed by atoms with Crippen LogP contribution in [0, 0.1) is 0 Å². The minimum absolute atomic E-state index is 0. The SMILES string of the molecule is C.CC(C)(C)OC(=O)N1CCN(c2ccc(C=Cc3ccc(CO)cc3)nc2)CC1.CC(C)(C)OC(=O)N1CCN(c2ccc(C=O)nc2)CC1.CC(C)(C)[O-].CCc1ccc(CO)cc1.[Cl-].[K+]. The first-order valence-electron chi connectivity index (χ1n) is 22.2. The van der Waals surface area contributed by atoms with Crippen LogP contribution in [0.4, 0.5) is 21.0 Å². The summed E-state index contributed by atoms with van der Waals surface area (Å²) in [7, 11) is 0. The second kappa shape index (κ2) is 31.3. The summed E-state index contributed by atoms with van der Waals surface area (Å²) in [6.45, 7) is 23.9. The molecule has 2 fully saturated rings. The molecule has 0 atom stereocenters. The Labute approximate surface area is 455 Å². The molecule has 0 aliphatic carbocycles. The van der Waals surface area contributed by atoms with E-state index in [0.717, 1.165) is 72.6 Å². The van der Waals surface area contributed by atoms with Crippen LogP contribution in [0.3, 0.4) is 0 Å². The van der Waals surface area contributed by atoms with Crippen molar-refractivity contribution in [3.8, 4) is 0 Å². The molecule has 0 saturated carbocycles. The molecule has 2 aliphatic rings. The van der Waals surface area contributed by atoms with Crippen LogP contribution in [0.25, 0.3) is 12.2 Å². The van der Waals surface area contributed by atoms with Gasteiger partial charge in [-0.05, 0) is 101 Å². The maximum absolute atomic E-state index is 12.2. The molecule has 6 rings (SSSR count). The summed E-state index contributed by atoms with van der Waals surface area (Å²) >= 11 is 0. The van der Waals surface area contributed by atoms with Gasteiger partial charge in [0.05, 0.1) is 42.7 Å². The van der Waals surface area contributed by atoms with Gasteiger partial charge in [-0.15, -0.1) is 5.60 Å². The number of ether oxygens (including phenoxy) is 2. The van der Waals surface area contributed by atoms with E-state index in [9.17, 15) is 19.5 Å². The largest absolute Gasteiger partial charge is 1.00 e. The molecule has 4 aromatic rings. The van der Waals surface area contributed by atoms with Crippen LogP contribution in [-0.2, 0) is 29.1 Å². The normalized spacial score (nSPS) is 13.6. The first-order chi connectivity index (χ1) is 30.6. The summed E-state index contributed by atoms with van der Waals surface area (Å²) in [5.74, 6) is 0. The molecule has 0 bridgehead atoms. The monoisotopic (exact) mass is 985 g/mol. The van der Waals surface area contributed by atoms with Gasteiger partial charge >= 0.3 is 63.6 Å². The van der Waals surface area contributed by atoms with Gasteiger partial charge in [-0.2, -0.15) is 0 Å². The van der Waals surface area contributed by atoms with Gasteiger partial charge in [0.15, 0.2) is 6.29 Å². The molecule has 2 aliphatic heterocycles. The quantitative estimate of drug-likeness (QED) is 0.196. The van der Waals surface area contributed by atoms with E-state index in [1.807, 2.05) is 121 Å². The van der Waals surface area contributed by atoms with Gasteiger partial charge in [0.25, 0.3) is 0 Å². The molecular weight excluding hydrogens is 911 g/mol. The number of rotatable bonds is 8. The molecule has 2 N–H and O–H groups in total. The number of anilines is 2. The van der Waals surface area contributed by atoms with Crippen molar-refractivity contribution in [3.05, 3.63) is 119 Å². The van der Waals surface area contributed by atoms with Crippen LogP contribution in [0.5, 0.6) is 0 Å². The number of aryl methyl sites for hydroxylation is 1. The summed E-state index contributed by atoms with van der Waals surface area (Å²) < 4.78 is 10.8. The number of benzene rings is 2. The number of piperazine rings is 2. The average Bonchev–Trinajstić information content (AvgIpc) is 3.27. The number of carbonyl (C=O) groups is 3. The predicted molar refractivity (Wildman–Crippen MR) is 263 cm³/mol. The van der Waals surface area contributed by atoms with E-state index in [0.29, 0.717) is 31.9 Å². The number of aliphatic hydroxyl groups is 2. The van der Waals surface area contributed by atoms with Crippen LogP contribution in [0.2, 0.25) is 0 Å². The maximum atomic E-state index is 12.2. The second-order valence-corrected chi connectivity index (χ2v) is 18.6. The van der Waals surface area contributed by atoms with Gasteiger partial charge in [0, 0.05) is 52.4 Å². The Hall–Kier alpha value is -3.90. The third-order valence-corrected chi connectivity index (χ3v) is 9.48. The molecule has 2 amide bonds. The van der Waals surface area contributed by atoms with Crippen molar-refractivity contribution in [2.24, 2.45) is 0 Å². The minimum Gasteiger partial charge on any atom is -1.00 e. The van der Waals surface area contributed by atoms with Gasteiger partial charge < -0.3 is 56.8 Å². The molecule has 0 unspecified atom stereocenters. The van der Waals surface area contributed by atoms with Crippen molar-refractivity contribution in [2.45, 2.75) is 113 Å². The number of nitrogens with zero attached hydrogens (tertiary/aromatic N) is 6. The second-order valence-electron chi connectivity index (χ2n) is 18.6. The van der Waals surface area contributed by atoms with Crippen LogP contribution >= 0.6 is 0 Å². The fourth-order valence-electron chi connectivity index (χ4n) is 6.08. The Balaban J connectivity index is 0.00000100. The van der Waals surface area contributed by atoms with Gasteiger partial charge in [-0.1, -0.05) is 89.7 Å². The standard InChI is InChI=1S/C23H29N3O3.C15H21N3O3.C9H12O.C4H9O.CH4.ClH.K/c1-23(2,3)29-22(28)26-14-12-25(13-15-26)21-11-10-20(24-16-21)9-8-18-4-6-19(17-27)7-5-18;1-15(2,3)21-14(20)18-8-6-17(7-9-18)13-5-4-12(11-19)16-10-13;1-2-8-3-5-9(7-10)6-4-8;1-4(2,3)5;;;/h4-11,16,27H,12-15,17H2,1-3H3;4-5,10-11H,6-9H2,1-3H3;3-6,10H,2,7H2,1H3;1-3H3;1H4;1H;/q;;;-1;;;+1/p-1. The van der Waals surface area contributed by atoms with Crippen molar-refractivity contribution in [1.29, 1.82) is 0 Å². The molecule has 0 radical (unpaired) electrons. The number of pyridine rings is 2. The first kappa shape index (κ1) is 64.1. The Morgan fingerprint density at radius 3 is 1.26 bits per heavy atom. The van der Waals surface area contributed by atoms with E-state index in [-0.39, 0.29) is 96.6 Å². The molecule has 370 valence electrons. The van der Waals surface area contributed by atoms with Crippen LogP contribution in [0.1, 0.15) is 115 Å². The van der Waals surface area contributed by atoms with E-state index < -0.39 is 16.8 Å². The number of carbonyl (C=O) groups excluding carboxylic acids is 3. The fourth-order valence-corrected chi connectivity index (χ4v) is 6.08. The molecule has 2 aromatic heterocycles. The maximum Gasteiger partial charge on any atom is 1.00 e. The summed E-state index contributed by atoms with van der Waals surface area (Å²) in [5, 5.41) is 27.9. The number of aldehydes is 1. The molecule has 4 heterocycles. The van der Waals surface area contributed by atoms with Crippen molar-refractivity contribution < 1.29 is 103 Å². The first-order valence-corrected chi connectivity index (χ1v) is 22.2. The average molecular weight is 987 g/mol. The number of hydrogen-bond acceptors (Lipinski definition) is 12. The van der Waals surface area contributed by atoms with Crippen LogP contribution < -0.4 is 78.7 Å². The molecule has 2 aromatic carbocycles. The molecule has 0 spiro atoms. The third-order valence-electron chi connectivity index (χ3n) is 9.48. The third kappa shape index (κ3) is 25.6. The summed E-state index contributed by atoms with van der Waals surface area (Å²) in [6, 6.07) is 23.4. The molecule has 68 heavy (non-hydrogen) atoms. The van der Waals surface area contributed by atoms with Crippen molar-refractivity contribution >= 4 is 42.0 Å². The van der Waals surface area contributed by atoms with Crippen LogP contribution in [0.15, 0.2) is 85.2 Å². The van der Waals surface area contributed by atoms with Gasteiger partial charge in [0.1, 0.15) is 16.9 Å². The topological polar surface area (TPSA) is 172 Å². The zero-order valence-corrected chi connectivity index (χ0v) is 45.4. The van der Waals surface area contributed by atoms with Crippen molar-refractivity contribution in [2.75, 3.05) is 62.2 Å². The van der Waals surface area contributed by atoms with E-state index >= 15 is 0 Å². The number of aliphatic hydroxyl groups excluding tert-OH is 2. The number of aromatic nitrogens is 2. The van der Waals surface area contributed by atoms with E-state index in [1.54, 1.807) is 42.8 Å². The van der Waals surface area contributed by atoms with Gasteiger partial charge in [0.2, 0.25) is 0 Å². The minimum atomic E-state index is -0.750. The fraction of sp³-hybridized carbons (Fsp3) is 0.481. The Morgan fingerprint density at radius 1 is 0.603 bits per heavy atom. The van der Waals surface area contributed by atoms with E-state index in [1.165, 1.54) is 5.56 Å².